The summed E-state index contributed by atoms with van der Waals surface area (Å²) in [5, 5.41) is 9.29. The van der Waals surface area contributed by atoms with Crippen LogP contribution in [0.4, 0.5) is 0 Å². The number of carboxylic acid groups (broad SMARTS) is 1. The number of carbonyl (C=O) groups excluding carboxylic acids is 1. The lowest BCUT2D eigenvalue weighted by Gasteiger charge is -2.44. The minimum Gasteiger partial charge on any atom is -0.480 e. The predicted molar refractivity (Wildman–Crippen MR) is 61.1 cm³/mol. The number of hydrogen-bond donors (Lipinski definition) is 1. The number of hydrogen-bond acceptors (Lipinski definition) is 2. The molecule has 92 valence electrons. The molecule has 0 aromatic carbocycles. The Morgan fingerprint density at radius 2 is 1.81 bits per heavy atom. The van der Waals surface area contributed by atoms with Gasteiger partial charge in [0.2, 0.25) is 5.91 Å². The summed E-state index contributed by atoms with van der Waals surface area (Å²) < 4.78 is 0. The monoisotopic (exact) mass is 227 g/mol. The number of rotatable bonds is 1. The molecule has 1 fully saturated rings. The van der Waals surface area contributed by atoms with E-state index in [1.807, 2.05) is 20.8 Å². The normalized spacial score (nSPS) is 26.6. The van der Waals surface area contributed by atoms with Crippen LogP contribution in [0.15, 0.2) is 0 Å². The van der Waals surface area contributed by atoms with Crippen molar-refractivity contribution in [2.45, 2.75) is 52.5 Å². The standard InChI is InChI=1S/C12H21NO3/c1-11(2,3)9(14)13-8-6-5-7-12(13,4)10(15)16/h5-8H2,1-4H3,(H,15,16). The first-order valence-electron chi connectivity index (χ1n) is 5.75. The predicted octanol–water partition coefficient (Wildman–Crippen LogP) is 1.89. The fraction of sp³-hybridized carbons (Fsp3) is 0.833. The second-order valence-corrected chi connectivity index (χ2v) is 5.74. The summed E-state index contributed by atoms with van der Waals surface area (Å²) in [7, 11) is 0. The molecule has 1 N–H and O–H groups in total. The van der Waals surface area contributed by atoms with Gasteiger partial charge in [-0.1, -0.05) is 20.8 Å². The Bertz CT molecular complexity index is 306. The molecule has 0 aromatic rings. The van der Waals surface area contributed by atoms with Gasteiger partial charge in [0.25, 0.3) is 0 Å². The Hall–Kier alpha value is -1.06. The molecule has 4 nitrogen and oxygen atoms in total. The molecular formula is C12H21NO3. The molecule has 1 rings (SSSR count). The molecule has 0 aromatic heterocycles. The quantitative estimate of drug-likeness (QED) is 0.744. The molecular weight excluding hydrogens is 206 g/mol. The Kier molecular flexibility index (Phi) is 3.31. The summed E-state index contributed by atoms with van der Waals surface area (Å²) in [5.74, 6) is -0.970. The Labute approximate surface area is 96.6 Å². The molecule has 4 heteroatoms. The van der Waals surface area contributed by atoms with Crippen molar-refractivity contribution >= 4 is 11.9 Å². The van der Waals surface area contributed by atoms with Crippen molar-refractivity contribution in [3.63, 3.8) is 0 Å². The molecule has 1 heterocycles. The molecule has 1 amide bonds. The van der Waals surface area contributed by atoms with E-state index in [2.05, 4.69) is 0 Å². The zero-order valence-corrected chi connectivity index (χ0v) is 10.5. The van der Waals surface area contributed by atoms with Gasteiger partial charge in [-0.05, 0) is 26.2 Å². The van der Waals surface area contributed by atoms with Crippen LogP contribution in [-0.2, 0) is 9.59 Å². The second kappa shape index (κ2) is 4.07. The van der Waals surface area contributed by atoms with E-state index < -0.39 is 16.9 Å². The van der Waals surface area contributed by atoms with Crippen LogP contribution >= 0.6 is 0 Å². The number of aliphatic carboxylic acids is 1. The van der Waals surface area contributed by atoms with Crippen LogP contribution in [0.3, 0.4) is 0 Å². The highest BCUT2D eigenvalue weighted by atomic mass is 16.4. The average molecular weight is 227 g/mol. The molecule has 1 aliphatic rings. The van der Waals surface area contributed by atoms with Gasteiger partial charge in [-0.15, -0.1) is 0 Å². The Balaban J connectivity index is 3.00. The summed E-state index contributed by atoms with van der Waals surface area (Å²) in [5.41, 5.74) is -1.54. The van der Waals surface area contributed by atoms with E-state index in [9.17, 15) is 14.7 Å². The number of likely N-dealkylation sites (tertiary alicyclic amines) is 1. The van der Waals surface area contributed by atoms with Crippen molar-refractivity contribution in [2.24, 2.45) is 5.41 Å². The van der Waals surface area contributed by atoms with Crippen LogP contribution in [0.2, 0.25) is 0 Å². The van der Waals surface area contributed by atoms with Crippen molar-refractivity contribution in [2.75, 3.05) is 6.54 Å². The summed E-state index contributed by atoms with van der Waals surface area (Å²) in [4.78, 5) is 25.1. The van der Waals surface area contributed by atoms with E-state index >= 15 is 0 Å². The van der Waals surface area contributed by atoms with Gasteiger partial charge >= 0.3 is 5.97 Å². The number of nitrogens with zero attached hydrogens (tertiary/aromatic N) is 1. The van der Waals surface area contributed by atoms with Gasteiger partial charge in [0.05, 0.1) is 0 Å². The van der Waals surface area contributed by atoms with Crippen molar-refractivity contribution in [3.8, 4) is 0 Å². The minimum atomic E-state index is -1.03. The molecule has 0 radical (unpaired) electrons. The first kappa shape index (κ1) is 13.0. The summed E-state index contributed by atoms with van der Waals surface area (Å²) in [6.45, 7) is 7.68. The maximum Gasteiger partial charge on any atom is 0.329 e. The summed E-state index contributed by atoms with van der Waals surface area (Å²) in [6.07, 6.45) is 2.31. The number of amides is 1. The van der Waals surface area contributed by atoms with E-state index in [0.29, 0.717) is 13.0 Å². The van der Waals surface area contributed by atoms with Crippen molar-refractivity contribution in [1.82, 2.24) is 4.90 Å². The van der Waals surface area contributed by atoms with Crippen LogP contribution in [0.25, 0.3) is 0 Å². The SMILES string of the molecule is CC(C)(C)C(=O)N1CCCCC1(C)C(=O)O. The topological polar surface area (TPSA) is 57.6 Å². The van der Waals surface area contributed by atoms with Crippen LogP contribution in [0.5, 0.6) is 0 Å². The van der Waals surface area contributed by atoms with Crippen molar-refractivity contribution < 1.29 is 14.7 Å². The van der Waals surface area contributed by atoms with Gasteiger partial charge in [0.1, 0.15) is 5.54 Å². The molecule has 1 saturated heterocycles. The zero-order chi connectivity index (χ0) is 12.6. The van der Waals surface area contributed by atoms with Gasteiger partial charge < -0.3 is 10.0 Å². The number of carbonyl (C=O) groups is 2. The third kappa shape index (κ3) is 2.20. The van der Waals surface area contributed by atoms with Gasteiger partial charge in [0, 0.05) is 12.0 Å². The van der Waals surface area contributed by atoms with E-state index in [1.54, 1.807) is 11.8 Å². The lowest BCUT2D eigenvalue weighted by atomic mass is 9.84. The van der Waals surface area contributed by atoms with Crippen LogP contribution in [0.1, 0.15) is 47.0 Å². The van der Waals surface area contributed by atoms with Gasteiger partial charge in [-0.25, -0.2) is 4.79 Å². The molecule has 0 bridgehead atoms. The van der Waals surface area contributed by atoms with E-state index in [4.69, 9.17) is 0 Å². The second-order valence-electron chi connectivity index (χ2n) is 5.74. The summed E-state index contributed by atoms with van der Waals surface area (Å²) >= 11 is 0. The maximum absolute atomic E-state index is 12.2. The van der Waals surface area contributed by atoms with Gasteiger partial charge in [-0.3, -0.25) is 4.79 Å². The van der Waals surface area contributed by atoms with E-state index in [1.165, 1.54) is 0 Å². The highest BCUT2D eigenvalue weighted by Crippen LogP contribution is 2.32. The first-order valence-corrected chi connectivity index (χ1v) is 5.75. The third-order valence-electron chi connectivity index (χ3n) is 3.24. The smallest absolute Gasteiger partial charge is 0.329 e. The number of piperidine rings is 1. The van der Waals surface area contributed by atoms with Crippen LogP contribution in [-0.4, -0.2) is 34.0 Å². The fourth-order valence-corrected chi connectivity index (χ4v) is 2.07. The Morgan fingerprint density at radius 3 is 2.25 bits per heavy atom. The lowest BCUT2D eigenvalue weighted by molar-refractivity contribution is -0.164. The molecule has 0 spiro atoms. The largest absolute Gasteiger partial charge is 0.480 e. The zero-order valence-electron chi connectivity index (χ0n) is 10.5. The van der Waals surface area contributed by atoms with E-state index in [0.717, 1.165) is 12.8 Å². The van der Waals surface area contributed by atoms with E-state index in [-0.39, 0.29) is 5.91 Å². The summed E-state index contributed by atoms with van der Waals surface area (Å²) in [6, 6.07) is 0. The van der Waals surface area contributed by atoms with Crippen LogP contribution < -0.4 is 0 Å². The van der Waals surface area contributed by atoms with Crippen LogP contribution in [0, 0.1) is 5.41 Å². The van der Waals surface area contributed by atoms with Gasteiger partial charge in [0.15, 0.2) is 0 Å². The van der Waals surface area contributed by atoms with Gasteiger partial charge in [-0.2, -0.15) is 0 Å². The molecule has 1 aliphatic heterocycles. The average Bonchev–Trinajstić information content (AvgIpc) is 2.16. The highest BCUT2D eigenvalue weighted by Gasteiger charge is 2.46. The molecule has 1 unspecified atom stereocenters. The molecule has 0 saturated carbocycles. The maximum atomic E-state index is 12.2. The van der Waals surface area contributed by atoms with Crippen molar-refractivity contribution in [3.05, 3.63) is 0 Å². The van der Waals surface area contributed by atoms with Crippen molar-refractivity contribution in [1.29, 1.82) is 0 Å². The molecule has 1 atom stereocenters. The fourth-order valence-electron chi connectivity index (χ4n) is 2.07. The molecule has 16 heavy (non-hydrogen) atoms. The minimum absolute atomic E-state index is 0.0721. The lowest BCUT2D eigenvalue weighted by Crippen LogP contribution is -2.59. The first-order chi connectivity index (χ1) is 7.19. The highest BCUT2D eigenvalue weighted by molar-refractivity contribution is 5.89. The number of carboxylic acids is 1. The molecule has 0 aliphatic carbocycles. The Morgan fingerprint density at radius 1 is 1.25 bits per heavy atom. The third-order valence-corrected chi connectivity index (χ3v) is 3.24.